The van der Waals surface area contributed by atoms with Crippen LogP contribution >= 0.6 is 0 Å². The zero-order valence-corrected chi connectivity index (χ0v) is 15.6. The number of nitrogens with one attached hydrogen (secondary N) is 1. The predicted molar refractivity (Wildman–Crippen MR) is 103 cm³/mol. The molecule has 142 valence electrons. The van der Waals surface area contributed by atoms with E-state index < -0.39 is 11.6 Å². The number of hydrogen-bond donors (Lipinski definition) is 1. The molecule has 2 amide bonds. The first-order valence-electron chi connectivity index (χ1n) is 8.97. The van der Waals surface area contributed by atoms with Crippen molar-refractivity contribution in [3.05, 3.63) is 60.2 Å². The van der Waals surface area contributed by atoms with Gasteiger partial charge in [0.25, 0.3) is 0 Å². The molecule has 6 nitrogen and oxygen atoms in total. The van der Waals surface area contributed by atoms with Crippen LogP contribution in [0.1, 0.15) is 25.3 Å². The molecule has 0 spiro atoms. The number of carbonyl (C=O) groups is 2. The zero-order valence-electron chi connectivity index (χ0n) is 15.6. The van der Waals surface area contributed by atoms with E-state index in [0.717, 1.165) is 12.0 Å². The van der Waals surface area contributed by atoms with Crippen LogP contribution in [0, 0.1) is 0 Å². The number of amides is 2. The summed E-state index contributed by atoms with van der Waals surface area (Å²) in [6, 6.07) is 16.6. The molecule has 1 saturated heterocycles. The number of rotatable bonds is 5. The van der Waals surface area contributed by atoms with Gasteiger partial charge < -0.3 is 14.8 Å². The lowest BCUT2D eigenvalue weighted by atomic mass is 9.98. The Morgan fingerprint density at radius 3 is 2.48 bits per heavy atom. The summed E-state index contributed by atoms with van der Waals surface area (Å²) < 4.78 is 10.6. The molecule has 0 aliphatic carbocycles. The minimum Gasteiger partial charge on any atom is -0.497 e. The molecule has 1 atom stereocenters. The van der Waals surface area contributed by atoms with Crippen LogP contribution in [0.25, 0.3) is 0 Å². The lowest BCUT2D eigenvalue weighted by Gasteiger charge is -2.33. The third kappa shape index (κ3) is 4.22. The van der Waals surface area contributed by atoms with Crippen LogP contribution in [-0.2, 0) is 16.1 Å². The van der Waals surface area contributed by atoms with Gasteiger partial charge in [-0.3, -0.25) is 9.69 Å². The molecule has 0 radical (unpaired) electrons. The van der Waals surface area contributed by atoms with E-state index in [1.165, 1.54) is 4.90 Å². The van der Waals surface area contributed by atoms with Crippen LogP contribution < -0.4 is 10.1 Å². The summed E-state index contributed by atoms with van der Waals surface area (Å²) in [5, 5.41) is 2.89. The molecule has 1 aliphatic rings. The molecule has 1 unspecified atom stereocenters. The molecular formula is C21H24N2O4. The van der Waals surface area contributed by atoms with Crippen LogP contribution in [0.15, 0.2) is 54.6 Å². The van der Waals surface area contributed by atoms with Crippen molar-refractivity contribution in [1.82, 2.24) is 4.90 Å². The van der Waals surface area contributed by atoms with Crippen LogP contribution in [0.5, 0.6) is 5.75 Å². The van der Waals surface area contributed by atoms with Gasteiger partial charge in [-0.25, -0.2) is 4.79 Å². The number of ether oxygens (including phenoxy) is 2. The molecule has 1 heterocycles. The van der Waals surface area contributed by atoms with Crippen molar-refractivity contribution < 1.29 is 19.1 Å². The first-order chi connectivity index (χ1) is 13.0. The highest BCUT2D eigenvalue weighted by molar-refractivity contribution is 6.00. The van der Waals surface area contributed by atoms with Crippen molar-refractivity contribution in [3.63, 3.8) is 0 Å². The highest BCUT2D eigenvalue weighted by atomic mass is 16.6. The summed E-state index contributed by atoms with van der Waals surface area (Å²) in [7, 11) is 1.59. The second-order valence-electron chi connectivity index (χ2n) is 6.75. The van der Waals surface area contributed by atoms with E-state index in [1.807, 2.05) is 30.3 Å². The first-order valence-corrected chi connectivity index (χ1v) is 8.97. The standard InChI is InChI=1S/C21H24N2O4/c1-21(19(24)22-17-9-11-18(26-2)12-10-17)13-6-14-23(21)20(25)27-15-16-7-4-3-5-8-16/h3-5,7-12H,6,13-15H2,1-2H3,(H,22,24). The fourth-order valence-electron chi connectivity index (χ4n) is 3.23. The summed E-state index contributed by atoms with van der Waals surface area (Å²) >= 11 is 0. The van der Waals surface area contributed by atoms with Crippen LogP contribution in [0.4, 0.5) is 10.5 Å². The quantitative estimate of drug-likeness (QED) is 0.871. The molecule has 0 aromatic heterocycles. The van der Waals surface area contributed by atoms with Gasteiger partial charge >= 0.3 is 6.09 Å². The smallest absolute Gasteiger partial charge is 0.410 e. The molecule has 2 aromatic carbocycles. The van der Waals surface area contributed by atoms with Crippen LogP contribution in [-0.4, -0.2) is 36.1 Å². The number of hydrogen-bond acceptors (Lipinski definition) is 4. The van der Waals surface area contributed by atoms with Gasteiger partial charge in [0, 0.05) is 12.2 Å². The number of anilines is 1. The molecular weight excluding hydrogens is 344 g/mol. The number of carbonyl (C=O) groups excluding carboxylic acids is 2. The topological polar surface area (TPSA) is 67.9 Å². The second kappa shape index (κ2) is 8.12. The number of methoxy groups -OCH3 is 1. The minimum atomic E-state index is -0.937. The van der Waals surface area contributed by atoms with Crippen molar-refractivity contribution >= 4 is 17.7 Å². The Kier molecular flexibility index (Phi) is 5.64. The molecule has 2 aromatic rings. The summed E-state index contributed by atoms with van der Waals surface area (Å²) in [6.07, 6.45) is 0.881. The molecule has 1 fully saturated rings. The Hall–Kier alpha value is -3.02. The van der Waals surface area contributed by atoms with E-state index in [9.17, 15) is 9.59 Å². The monoisotopic (exact) mass is 368 g/mol. The summed E-state index contributed by atoms with van der Waals surface area (Å²) in [5.41, 5.74) is 0.634. The Morgan fingerprint density at radius 1 is 1.11 bits per heavy atom. The molecule has 27 heavy (non-hydrogen) atoms. The zero-order chi connectivity index (χ0) is 19.3. The van der Waals surface area contributed by atoms with Gasteiger partial charge in [-0.05, 0) is 49.6 Å². The maximum Gasteiger partial charge on any atom is 0.410 e. The highest BCUT2D eigenvalue weighted by Gasteiger charge is 2.46. The Labute approximate surface area is 159 Å². The Balaban J connectivity index is 1.65. The third-order valence-electron chi connectivity index (χ3n) is 4.90. The molecule has 6 heteroatoms. The second-order valence-corrected chi connectivity index (χ2v) is 6.75. The van der Waals surface area contributed by atoms with Crippen molar-refractivity contribution in [2.45, 2.75) is 31.9 Å². The van der Waals surface area contributed by atoms with E-state index >= 15 is 0 Å². The normalized spacial score (nSPS) is 18.8. The van der Waals surface area contributed by atoms with Gasteiger partial charge in [0.1, 0.15) is 17.9 Å². The maximum absolute atomic E-state index is 12.9. The minimum absolute atomic E-state index is 0.187. The Bertz CT molecular complexity index is 792. The summed E-state index contributed by atoms with van der Waals surface area (Å²) in [4.78, 5) is 27.0. The van der Waals surface area contributed by atoms with Crippen molar-refractivity contribution in [2.75, 3.05) is 19.0 Å². The highest BCUT2D eigenvalue weighted by Crippen LogP contribution is 2.31. The summed E-state index contributed by atoms with van der Waals surface area (Å²) in [5.74, 6) is 0.494. The lowest BCUT2D eigenvalue weighted by molar-refractivity contribution is -0.125. The largest absolute Gasteiger partial charge is 0.497 e. The fraction of sp³-hybridized carbons (Fsp3) is 0.333. The van der Waals surface area contributed by atoms with Crippen molar-refractivity contribution in [1.29, 1.82) is 0 Å². The molecule has 3 rings (SSSR count). The lowest BCUT2D eigenvalue weighted by Crippen LogP contribution is -2.53. The third-order valence-corrected chi connectivity index (χ3v) is 4.90. The van der Waals surface area contributed by atoms with Gasteiger partial charge in [0.15, 0.2) is 0 Å². The van der Waals surface area contributed by atoms with Crippen molar-refractivity contribution in [3.8, 4) is 5.75 Å². The SMILES string of the molecule is COc1ccc(NC(=O)C2(C)CCCN2C(=O)OCc2ccccc2)cc1. The van der Waals surface area contributed by atoms with Gasteiger partial charge in [0.05, 0.1) is 7.11 Å². The van der Waals surface area contributed by atoms with E-state index in [-0.39, 0.29) is 12.5 Å². The molecule has 0 saturated carbocycles. The van der Waals surface area contributed by atoms with E-state index in [2.05, 4.69) is 5.32 Å². The average Bonchev–Trinajstić information content (AvgIpc) is 3.10. The van der Waals surface area contributed by atoms with Gasteiger partial charge in [0.2, 0.25) is 5.91 Å². The first kappa shape index (κ1) is 18.8. The van der Waals surface area contributed by atoms with Crippen LogP contribution in [0.2, 0.25) is 0 Å². The number of benzene rings is 2. The average molecular weight is 368 g/mol. The van der Waals surface area contributed by atoms with E-state index in [4.69, 9.17) is 9.47 Å². The molecule has 1 N–H and O–H groups in total. The van der Waals surface area contributed by atoms with Gasteiger partial charge in [-0.2, -0.15) is 0 Å². The van der Waals surface area contributed by atoms with E-state index in [1.54, 1.807) is 38.3 Å². The fourth-order valence-corrected chi connectivity index (χ4v) is 3.23. The van der Waals surface area contributed by atoms with Gasteiger partial charge in [-0.1, -0.05) is 30.3 Å². The van der Waals surface area contributed by atoms with Gasteiger partial charge in [-0.15, -0.1) is 0 Å². The Morgan fingerprint density at radius 2 is 1.81 bits per heavy atom. The number of nitrogens with zero attached hydrogens (tertiary/aromatic N) is 1. The summed E-state index contributed by atoms with van der Waals surface area (Å²) in [6.45, 7) is 2.47. The van der Waals surface area contributed by atoms with Crippen LogP contribution in [0.3, 0.4) is 0 Å². The number of likely N-dealkylation sites (tertiary alicyclic amines) is 1. The van der Waals surface area contributed by atoms with E-state index in [0.29, 0.717) is 24.4 Å². The molecule has 1 aliphatic heterocycles. The van der Waals surface area contributed by atoms with Crippen molar-refractivity contribution in [2.24, 2.45) is 0 Å². The molecule has 0 bridgehead atoms. The maximum atomic E-state index is 12.9. The predicted octanol–water partition coefficient (Wildman–Crippen LogP) is 3.83.